The molecule has 0 saturated carbocycles. The third-order valence-electron chi connectivity index (χ3n) is 4.29. The number of halogens is 2. The summed E-state index contributed by atoms with van der Waals surface area (Å²) >= 11 is 0. The SMILES string of the molecule is CCNC(=NCc1cccc(F)c1)NCCc1nccn1Cc1ccccc1.I. The molecule has 0 bridgehead atoms. The van der Waals surface area contributed by atoms with Crippen LogP contribution in [0.5, 0.6) is 0 Å². The number of hydrogen-bond donors (Lipinski definition) is 2. The molecule has 1 heterocycles. The lowest BCUT2D eigenvalue weighted by atomic mass is 10.2. The number of guanidine groups is 1. The zero-order valence-corrected chi connectivity index (χ0v) is 18.8. The van der Waals surface area contributed by atoms with E-state index >= 15 is 0 Å². The molecule has 0 radical (unpaired) electrons. The minimum Gasteiger partial charge on any atom is -0.357 e. The van der Waals surface area contributed by atoms with Crippen LogP contribution in [0.25, 0.3) is 0 Å². The van der Waals surface area contributed by atoms with Crippen LogP contribution in [-0.2, 0) is 19.5 Å². The van der Waals surface area contributed by atoms with Crippen molar-refractivity contribution in [3.63, 3.8) is 0 Å². The van der Waals surface area contributed by atoms with Crippen LogP contribution >= 0.6 is 24.0 Å². The molecule has 5 nitrogen and oxygen atoms in total. The summed E-state index contributed by atoms with van der Waals surface area (Å²) in [6.45, 7) is 4.73. The summed E-state index contributed by atoms with van der Waals surface area (Å²) in [6.07, 6.45) is 4.62. The first kappa shape index (κ1) is 22.9. The molecule has 2 N–H and O–H groups in total. The van der Waals surface area contributed by atoms with Crippen molar-refractivity contribution >= 4 is 29.9 Å². The van der Waals surface area contributed by atoms with Crippen molar-refractivity contribution in [2.45, 2.75) is 26.4 Å². The van der Waals surface area contributed by atoms with E-state index < -0.39 is 0 Å². The molecule has 3 aromatic rings. The second kappa shape index (κ2) is 12.2. The Hall–Kier alpha value is -2.42. The third kappa shape index (κ3) is 7.49. The highest BCUT2D eigenvalue weighted by Gasteiger charge is 2.05. The van der Waals surface area contributed by atoms with Gasteiger partial charge in [0.2, 0.25) is 0 Å². The van der Waals surface area contributed by atoms with Crippen LogP contribution in [0.1, 0.15) is 23.9 Å². The number of nitrogens with zero attached hydrogens (tertiary/aromatic N) is 3. The van der Waals surface area contributed by atoms with E-state index in [0.717, 1.165) is 30.9 Å². The zero-order chi connectivity index (χ0) is 19.6. The Kier molecular flexibility index (Phi) is 9.63. The molecule has 0 unspecified atom stereocenters. The summed E-state index contributed by atoms with van der Waals surface area (Å²) in [5.41, 5.74) is 2.09. The second-order valence-electron chi connectivity index (χ2n) is 6.46. The number of nitrogens with one attached hydrogen (secondary N) is 2. The average molecular weight is 507 g/mol. The summed E-state index contributed by atoms with van der Waals surface area (Å²) in [5, 5.41) is 6.55. The Morgan fingerprint density at radius 1 is 1.07 bits per heavy atom. The van der Waals surface area contributed by atoms with Crippen molar-refractivity contribution in [1.29, 1.82) is 0 Å². The predicted molar refractivity (Wildman–Crippen MR) is 126 cm³/mol. The Bertz CT molecular complexity index is 895. The van der Waals surface area contributed by atoms with E-state index in [9.17, 15) is 4.39 Å². The smallest absolute Gasteiger partial charge is 0.191 e. The minimum absolute atomic E-state index is 0. The first-order valence-electron chi connectivity index (χ1n) is 9.55. The molecule has 0 atom stereocenters. The number of rotatable bonds is 8. The maximum atomic E-state index is 13.3. The first-order valence-corrected chi connectivity index (χ1v) is 9.55. The molecule has 1 aromatic heterocycles. The highest BCUT2D eigenvalue weighted by atomic mass is 127. The van der Waals surface area contributed by atoms with Crippen LogP contribution in [0.3, 0.4) is 0 Å². The van der Waals surface area contributed by atoms with Crippen molar-refractivity contribution in [2.75, 3.05) is 13.1 Å². The number of aromatic nitrogens is 2. The van der Waals surface area contributed by atoms with Crippen molar-refractivity contribution in [1.82, 2.24) is 20.2 Å². The van der Waals surface area contributed by atoms with E-state index in [1.54, 1.807) is 6.07 Å². The van der Waals surface area contributed by atoms with E-state index in [1.807, 2.05) is 43.6 Å². The molecular weight excluding hydrogens is 480 g/mol. The van der Waals surface area contributed by atoms with Crippen LogP contribution in [0, 0.1) is 5.82 Å². The molecule has 0 fully saturated rings. The van der Waals surface area contributed by atoms with Crippen molar-refractivity contribution in [2.24, 2.45) is 4.99 Å². The summed E-state index contributed by atoms with van der Waals surface area (Å²) in [4.78, 5) is 9.01. The molecule has 0 saturated heterocycles. The highest BCUT2D eigenvalue weighted by molar-refractivity contribution is 14.0. The lowest BCUT2D eigenvalue weighted by Crippen LogP contribution is -2.38. The van der Waals surface area contributed by atoms with Gasteiger partial charge in [-0.05, 0) is 30.2 Å². The van der Waals surface area contributed by atoms with Crippen LogP contribution in [-0.4, -0.2) is 28.6 Å². The summed E-state index contributed by atoms with van der Waals surface area (Å²) < 4.78 is 15.5. The van der Waals surface area contributed by atoms with E-state index in [1.165, 1.54) is 17.7 Å². The van der Waals surface area contributed by atoms with Crippen LogP contribution in [0.4, 0.5) is 4.39 Å². The third-order valence-corrected chi connectivity index (χ3v) is 4.29. The van der Waals surface area contributed by atoms with Gasteiger partial charge in [-0.2, -0.15) is 0 Å². The van der Waals surface area contributed by atoms with Gasteiger partial charge in [0, 0.05) is 38.4 Å². The molecule has 0 aliphatic rings. The van der Waals surface area contributed by atoms with E-state index in [4.69, 9.17) is 0 Å². The van der Waals surface area contributed by atoms with Crippen molar-refractivity contribution < 1.29 is 4.39 Å². The van der Waals surface area contributed by atoms with Gasteiger partial charge in [-0.1, -0.05) is 42.5 Å². The van der Waals surface area contributed by atoms with Crippen LogP contribution in [0.15, 0.2) is 72.0 Å². The molecule has 154 valence electrons. The Labute approximate surface area is 188 Å². The van der Waals surface area contributed by atoms with Gasteiger partial charge in [-0.3, -0.25) is 0 Å². The lowest BCUT2D eigenvalue weighted by molar-refractivity contribution is 0.625. The number of benzene rings is 2. The Morgan fingerprint density at radius 2 is 1.86 bits per heavy atom. The van der Waals surface area contributed by atoms with Crippen molar-refractivity contribution in [3.05, 3.63) is 89.8 Å². The number of hydrogen-bond acceptors (Lipinski definition) is 2. The van der Waals surface area contributed by atoms with E-state index in [0.29, 0.717) is 19.0 Å². The molecule has 0 spiro atoms. The number of aliphatic imine (C=N–C) groups is 1. The maximum absolute atomic E-state index is 13.3. The summed E-state index contributed by atoms with van der Waals surface area (Å²) in [5.74, 6) is 1.50. The Balaban J connectivity index is 0.00000300. The van der Waals surface area contributed by atoms with Crippen molar-refractivity contribution in [3.8, 4) is 0 Å². The fourth-order valence-corrected chi connectivity index (χ4v) is 2.93. The highest BCUT2D eigenvalue weighted by Crippen LogP contribution is 2.06. The fraction of sp³-hybridized carbons (Fsp3) is 0.273. The molecule has 3 rings (SSSR count). The van der Waals surface area contributed by atoms with Gasteiger partial charge < -0.3 is 15.2 Å². The standard InChI is InChI=1S/C22H26FN5.HI/c1-2-24-22(27-16-19-9-6-10-20(23)15-19)26-12-11-21-25-13-14-28(21)17-18-7-4-3-5-8-18;/h3-10,13-15H,2,11-12,16-17H2,1H3,(H2,24,26,27);1H. The van der Waals surface area contributed by atoms with Gasteiger partial charge in [-0.25, -0.2) is 14.4 Å². The molecule has 2 aromatic carbocycles. The maximum Gasteiger partial charge on any atom is 0.191 e. The zero-order valence-electron chi connectivity index (χ0n) is 16.5. The van der Waals surface area contributed by atoms with Gasteiger partial charge >= 0.3 is 0 Å². The quantitative estimate of drug-likeness (QED) is 0.276. The summed E-state index contributed by atoms with van der Waals surface area (Å²) in [7, 11) is 0. The molecule has 0 amide bonds. The fourth-order valence-electron chi connectivity index (χ4n) is 2.93. The Morgan fingerprint density at radius 3 is 2.62 bits per heavy atom. The lowest BCUT2D eigenvalue weighted by Gasteiger charge is -2.12. The molecule has 0 aliphatic carbocycles. The average Bonchev–Trinajstić information content (AvgIpc) is 3.14. The van der Waals surface area contributed by atoms with Crippen LogP contribution in [0.2, 0.25) is 0 Å². The summed E-state index contributed by atoms with van der Waals surface area (Å²) in [6, 6.07) is 16.9. The normalized spacial score (nSPS) is 11.0. The number of imidazole rings is 1. The molecule has 0 aliphatic heterocycles. The van der Waals surface area contributed by atoms with Gasteiger partial charge in [-0.15, -0.1) is 24.0 Å². The van der Waals surface area contributed by atoms with E-state index in [-0.39, 0.29) is 29.8 Å². The molecule has 29 heavy (non-hydrogen) atoms. The predicted octanol–water partition coefficient (Wildman–Crippen LogP) is 3.99. The van der Waals surface area contributed by atoms with Crippen LogP contribution < -0.4 is 10.6 Å². The van der Waals surface area contributed by atoms with Gasteiger partial charge in [0.1, 0.15) is 11.6 Å². The van der Waals surface area contributed by atoms with Gasteiger partial charge in [0.05, 0.1) is 6.54 Å². The van der Waals surface area contributed by atoms with Gasteiger partial charge in [0.15, 0.2) is 5.96 Å². The monoisotopic (exact) mass is 507 g/mol. The minimum atomic E-state index is -0.240. The van der Waals surface area contributed by atoms with E-state index in [2.05, 4.69) is 37.3 Å². The topological polar surface area (TPSA) is 54.2 Å². The first-order chi connectivity index (χ1) is 13.7. The largest absolute Gasteiger partial charge is 0.357 e. The second-order valence-corrected chi connectivity index (χ2v) is 6.46. The molecule has 7 heteroatoms. The molecular formula is C22H27FIN5. The van der Waals surface area contributed by atoms with Gasteiger partial charge in [0.25, 0.3) is 0 Å².